The van der Waals surface area contributed by atoms with Crippen molar-refractivity contribution in [3.63, 3.8) is 0 Å². The molecule has 1 N–H and O–H groups in total. The number of benzene rings is 2. The third-order valence-electron chi connectivity index (χ3n) is 4.45. The van der Waals surface area contributed by atoms with E-state index in [0.29, 0.717) is 0 Å². The molecule has 1 aromatic heterocycles. The van der Waals surface area contributed by atoms with E-state index in [2.05, 4.69) is 61.3 Å². The molecule has 0 radical (unpaired) electrons. The highest BCUT2D eigenvalue weighted by atomic mass is 15.0. The van der Waals surface area contributed by atoms with Gasteiger partial charge in [0.2, 0.25) is 0 Å². The summed E-state index contributed by atoms with van der Waals surface area (Å²) < 4.78 is 0. The van der Waals surface area contributed by atoms with Crippen molar-refractivity contribution in [1.29, 1.82) is 0 Å². The fraction of sp³-hybridized carbons (Fsp3) is 0.278. The van der Waals surface area contributed by atoms with E-state index in [-0.39, 0.29) is 5.41 Å². The SMILES string of the molecule is Cc1cc(C)c2nc(C3(c4ccccc4)CC3)[nH]c2c1. The van der Waals surface area contributed by atoms with Crippen molar-refractivity contribution in [1.82, 2.24) is 9.97 Å². The smallest absolute Gasteiger partial charge is 0.117 e. The lowest BCUT2D eigenvalue weighted by molar-refractivity contribution is 0.778. The van der Waals surface area contributed by atoms with E-state index >= 15 is 0 Å². The molecule has 20 heavy (non-hydrogen) atoms. The molecule has 0 atom stereocenters. The van der Waals surface area contributed by atoms with Crippen molar-refractivity contribution in [2.45, 2.75) is 32.1 Å². The molecule has 1 aliphatic rings. The standard InChI is InChI=1S/C18H18N2/c1-12-10-13(2)16-15(11-12)19-17(20-16)18(8-9-18)14-6-4-3-5-7-14/h3-7,10-11H,8-9H2,1-2H3,(H,19,20). The Hall–Kier alpha value is -2.09. The van der Waals surface area contributed by atoms with Gasteiger partial charge in [-0.25, -0.2) is 4.98 Å². The van der Waals surface area contributed by atoms with Crippen molar-refractivity contribution >= 4 is 11.0 Å². The van der Waals surface area contributed by atoms with Crippen molar-refractivity contribution in [3.05, 3.63) is 65.0 Å². The summed E-state index contributed by atoms with van der Waals surface area (Å²) in [4.78, 5) is 8.48. The maximum Gasteiger partial charge on any atom is 0.117 e. The predicted octanol–water partition coefficient (Wildman–Crippen LogP) is 4.26. The monoisotopic (exact) mass is 262 g/mol. The van der Waals surface area contributed by atoms with Gasteiger partial charge in [-0.15, -0.1) is 0 Å². The van der Waals surface area contributed by atoms with Gasteiger partial charge >= 0.3 is 0 Å². The van der Waals surface area contributed by atoms with Gasteiger partial charge in [-0.3, -0.25) is 0 Å². The number of H-pyrrole nitrogens is 1. The maximum absolute atomic E-state index is 4.91. The molecule has 1 aliphatic carbocycles. The van der Waals surface area contributed by atoms with Crippen LogP contribution in [0.1, 0.15) is 35.4 Å². The van der Waals surface area contributed by atoms with Crippen LogP contribution in [0.5, 0.6) is 0 Å². The van der Waals surface area contributed by atoms with Gasteiger partial charge in [-0.05, 0) is 49.4 Å². The van der Waals surface area contributed by atoms with Crippen LogP contribution >= 0.6 is 0 Å². The lowest BCUT2D eigenvalue weighted by atomic mass is 9.95. The van der Waals surface area contributed by atoms with Crippen LogP contribution in [-0.4, -0.2) is 9.97 Å². The first-order valence-corrected chi connectivity index (χ1v) is 7.22. The Labute approximate surface area is 118 Å². The van der Waals surface area contributed by atoms with Crippen LogP contribution in [0.15, 0.2) is 42.5 Å². The predicted molar refractivity (Wildman–Crippen MR) is 82.0 cm³/mol. The normalized spacial score (nSPS) is 16.5. The molecule has 3 aromatic rings. The molecule has 0 unspecified atom stereocenters. The molecule has 0 spiro atoms. The van der Waals surface area contributed by atoms with Crippen LogP contribution in [0.3, 0.4) is 0 Å². The lowest BCUT2D eigenvalue weighted by Crippen LogP contribution is -2.10. The van der Waals surface area contributed by atoms with Crippen molar-refractivity contribution < 1.29 is 0 Å². The average molecular weight is 262 g/mol. The lowest BCUT2D eigenvalue weighted by Gasteiger charge is -2.12. The van der Waals surface area contributed by atoms with Crippen LogP contribution in [-0.2, 0) is 5.41 Å². The second kappa shape index (κ2) is 3.95. The van der Waals surface area contributed by atoms with Crippen molar-refractivity contribution in [2.24, 2.45) is 0 Å². The van der Waals surface area contributed by atoms with Gasteiger partial charge in [-0.1, -0.05) is 36.4 Å². The molecule has 1 fully saturated rings. The van der Waals surface area contributed by atoms with E-state index in [0.717, 1.165) is 11.3 Å². The van der Waals surface area contributed by atoms with E-state index in [4.69, 9.17) is 4.98 Å². The van der Waals surface area contributed by atoms with Crippen LogP contribution in [0.4, 0.5) is 0 Å². The van der Waals surface area contributed by atoms with E-state index in [1.165, 1.54) is 35.0 Å². The molecule has 2 nitrogen and oxygen atoms in total. The second-order valence-electron chi connectivity index (χ2n) is 6.01. The van der Waals surface area contributed by atoms with Crippen LogP contribution in [0.25, 0.3) is 11.0 Å². The van der Waals surface area contributed by atoms with Crippen LogP contribution in [0, 0.1) is 13.8 Å². The van der Waals surface area contributed by atoms with Crippen LogP contribution in [0.2, 0.25) is 0 Å². The molecule has 4 rings (SSSR count). The quantitative estimate of drug-likeness (QED) is 0.734. The number of aromatic amines is 1. The minimum atomic E-state index is 0.126. The molecule has 2 aromatic carbocycles. The van der Waals surface area contributed by atoms with E-state index in [9.17, 15) is 0 Å². The molecule has 0 amide bonds. The highest BCUT2D eigenvalue weighted by Crippen LogP contribution is 2.52. The highest BCUT2D eigenvalue weighted by Gasteiger charge is 2.48. The molecule has 0 bridgehead atoms. The Morgan fingerprint density at radius 2 is 1.80 bits per heavy atom. The first-order chi connectivity index (χ1) is 9.69. The molecule has 0 aliphatic heterocycles. The van der Waals surface area contributed by atoms with Gasteiger partial charge in [-0.2, -0.15) is 0 Å². The summed E-state index contributed by atoms with van der Waals surface area (Å²) in [6.07, 6.45) is 2.38. The number of imidazole rings is 1. The Bertz CT molecular complexity index is 780. The van der Waals surface area contributed by atoms with Gasteiger partial charge in [0.1, 0.15) is 5.82 Å². The number of rotatable bonds is 2. The number of hydrogen-bond acceptors (Lipinski definition) is 1. The van der Waals surface area contributed by atoms with Gasteiger partial charge in [0, 0.05) is 0 Å². The maximum atomic E-state index is 4.91. The summed E-state index contributed by atoms with van der Waals surface area (Å²) in [6, 6.07) is 15.2. The molecule has 100 valence electrons. The number of hydrogen-bond donors (Lipinski definition) is 1. The number of aromatic nitrogens is 2. The van der Waals surface area contributed by atoms with E-state index in [1.54, 1.807) is 0 Å². The minimum Gasteiger partial charge on any atom is -0.341 e. The molecule has 1 saturated carbocycles. The van der Waals surface area contributed by atoms with Gasteiger partial charge in [0.25, 0.3) is 0 Å². The zero-order valence-electron chi connectivity index (χ0n) is 11.9. The number of nitrogens with zero attached hydrogens (tertiary/aromatic N) is 1. The second-order valence-corrected chi connectivity index (χ2v) is 6.01. The average Bonchev–Trinajstić information content (AvgIpc) is 3.14. The summed E-state index contributed by atoms with van der Waals surface area (Å²) in [5, 5.41) is 0. The third kappa shape index (κ3) is 1.61. The molecular formula is C18H18N2. The molecular weight excluding hydrogens is 244 g/mol. The van der Waals surface area contributed by atoms with Gasteiger partial charge in [0.15, 0.2) is 0 Å². The fourth-order valence-corrected chi connectivity index (χ4v) is 3.24. The minimum absolute atomic E-state index is 0.126. The Kier molecular flexibility index (Phi) is 2.31. The third-order valence-corrected chi connectivity index (χ3v) is 4.45. The number of nitrogens with one attached hydrogen (secondary N) is 1. The molecule has 0 saturated heterocycles. The topological polar surface area (TPSA) is 28.7 Å². The van der Waals surface area contributed by atoms with Gasteiger partial charge in [0.05, 0.1) is 16.4 Å². The van der Waals surface area contributed by atoms with E-state index < -0.39 is 0 Å². The zero-order chi connectivity index (χ0) is 13.7. The largest absolute Gasteiger partial charge is 0.341 e. The first kappa shape index (κ1) is 11.7. The van der Waals surface area contributed by atoms with Crippen molar-refractivity contribution in [2.75, 3.05) is 0 Å². The zero-order valence-corrected chi connectivity index (χ0v) is 11.9. The molecule has 2 heteroatoms. The Balaban J connectivity index is 1.89. The first-order valence-electron chi connectivity index (χ1n) is 7.22. The summed E-state index contributed by atoms with van der Waals surface area (Å²) >= 11 is 0. The summed E-state index contributed by atoms with van der Waals surface area (Å²) in [6.45, 7) is 4.28. The summed E-state index contributed by atoms with van der Waals surface area (Å²) in [5.41, 5.74) is 6.34. The molecule has 1 heterocycles. The number of fused-ring (bicyclic) bond motifs is 1. The van der Waals surface area contributed by atoms with Crippen molar-refractivity contribution in [3.8, 4) is 0 Å². The number of aryl methyl sites for hydroxylation is 2. The Morgan fingerprint density at radius 3 is 2.50 bits per heavy atom. The Morgan fingerprint density at radius 1 is 1.05 bits per heavy atom. The summed E-state index contributed by atoms with van der Waals surface area (Å²) in [5.74, 6) is 1.13. The fourth-order valence-electron chi connectivity index (χ4n) is 3.24. The van der Waals surface area contributed by atoms with Gasteiger partial charge < -0.3 is 4.98 Å². The van der Waals surface area contributed by atoms with E-state index in [1.807, 2.05) is 0 Å². The highest BCUT2D eigenvalue weighted by molar-refractivity contribution is 5.80. The van der Waals surface area contributed by atoms with Crippen LogP contribution < -0.4 is 0 Å². The summed E-state index contributed by atoms with van der Waals surface area (Å²) in [7, 11) is 0.